The largest absolute Gasteiger partial charge is 0.381 e. The van der Waals surface area contributed by atoms with Crippen LogP contribution in [0.3, 0.4) is 0 Å². The zero-order chi connectivity index (χ0) is 16.5. The van der Waals surface area contributed by atoms with Gasteiger partial charge in [-0.15, -0.1) is 0 Å². The van der Waals surface area contributed by atoms with Crippen molar-refractivity contribution in [2.45, 2.75) is 13.0 Å². The van der Waals surface area contributed by atoms with Crippen LogP contribution in [0.1, 0.15) is 12.0 Å². The molecule has 0 bridgehead atoms. The van der Waals surface area contributed by atoms with E-state index in [0.717, 1.165) is 51.8 Å². The Labute approximate surface area is 140 Å². The van der Waals surface area contributed by atoms with Crippen molar-refractivity contribution < 1.29 is 4.74 Å². The maximum Gasteiger partial charge on any atom is 0.193 e. The number of aliphatic imine (C=N–C) groups is 1. The van der Waals surface area contributed by atoms with Gasteiger partial charge in [-0.25, -0.2) is 0 Å². The van der Waals surface area contributed by atoms with E-state index in [1.807, 2.05) is 7.05 Å². The third-order valence-corrected chi connectivity index (χ3v) is 4.20. The first-order valence-electron chi connectivity index (χ1n) is 8.41. The highest BCUT2D eigenvalue weighted by Crippen LogP contribution is 2.13. The zero-order valence-electron chi connectivity index (χ0n) is 14.7. The summed E-state index contributed by atoms with van der Waals surface area (Å²) in [4.78, 5) is 8.91. The fourth-order valence-corrected chi connectivity index (χ4v) is 2.92. The van der Waals surface area contributed by atoms with Crippen LogP contribution < -0.4 is 5.32 Å². The monoisotopic (exact) mass is 318 g/mol. The predicted octanol–water partition coefficient (Wildman–Crippen LogP) is 1.66. The Morgan fingerprint density at radius 1 is 1.30 bits per heavy atom. The maximum atomic E-state index is 5.45. The van der Waals surface area contributed by atoms with Gasteiger partial charge in [0.05, 0.1) is 6.61 Å². The molecule has 0 aliphatic carbocycles. The summed E-state index contributed by atoms with van der Waals surface area (Å²) >= 11 is 0. The van der Waals surface area contributed by atoms with E-state index in [1.165, 1.54) is 5.56 Å². The number of hydrogen-bond donors (Lipinski definition) is 1. The third kappa shape index (κ3) is 6.20. The number of hydrogen-bond acceptors (Lipinski definition) is 3. The van der Waals surface area contributed by atoms with Gasteiger partial charge in [-0.1, -0.05) is 30.3 Å². The van der Waals surface area contributed by atoms with Gasteiger partial charge in [-0.05, 0) is 19.0 Å². The van der Waals surface area contributed by atoms with E-state index in [9.17, 15) is 0 Å². The minimum absolute atomic E-state index is 0.624. The smallest absolute Gasteiger partial charge is 0.193 e. The van der Waals surface area contributed by atoms with Crippen molar-refractivity contribution in [1.29, 1.82) is 0 Å². The van der Waals surface area contributed by atoms with Gasteiger partial charge in [0.25, 0.3) is 0 Å². The SMILES string of the molecule is CN=C(NCCN(C)Cc1ccccc1)N(C)CC1CCOC1. The Hall–Kier alpha value is -1.59. The Morgan fingerprint density at radius 2 is 2.09 bits per heavy atom. The predicted molar refractivity (Wildman–Crippen MR) is 95.7 cm³/mol. The van der Waals surface area contributed by atoms with Crippen LogP contribution >= 0.6 is 0 Å². The standard InChI is InChI=1S/C18H30N4O/c1-19-18(22(3)14-17-9-12-23-15-17)20-10-11-21(2)13-16-7-5-4-6-8-16/h4-8,17H,9-15H2,1-3H3,(H,19,20). The number of rotatable bonds is 7. The Kier molecular flexibility index (Phi) is 7.36. The lowest BCUT2D eigenvalue weighted by Gasteiger charge is -2.25. The molecule has 1 aromatic carbocycles. The van der Waals surface area contributed by atoms with Crippen LogP contribution in [0.4, 0.5) is 0 Å². The topological polar surface area (TPSA) is 40.1 Å². The molecule has 1 heterocycles. The van der Waals surface area contributed by atoms with E-state index in [4.69, 9.17) is 4.74 Å². The molecule has 0 saturated carbocycles. The molecule has 5 nitrogen and oxygen atoms in total. The molecule has 1 aliphatic heterocycles. The van der Waals surface area contributed by atoms with E-state index in [0.29, 0.717) is 5.92 Å². The summed E-state index contributed by atoms with van der Waals surface area (Å²) in [6.45, 7) is 5.61. The molecular formula is C18H30N4O. The quantitative estimate of drug-likeness (QED) is 0.613. The molecule has 5 heteroatoms. The first-order chi connectivity index (χ1) is 11.2. The summed E-state index contributed by atoms with van der Waals surface area (Å²) in [6.07, 6.45) is 1.15. The molecule has 1 unspecified atom stereocenters. The highest BCUT2D eigenvalue weighted by atomic mass is 16.5. The molecule has 1 aliphatic rings. The first kappa shape index (κ1) is 17.8. The molecule has 1 N–H and O–H groups in total. The minimum Gasteiger partial charge on any atom is -0.381 e. The van der Waals surface area contributed by atoms with Crippen LogP contribution in [0.5, 0.6) is 0 Å². The highest BCUT2D eigenvalue weighted by molar-refractivity contribution is 5.79. The normalized spacial score (nSPS) is 18.4. The lowest BCUT2D eigenvalue weighted by atomic mass is 10.1. The van der Waals surface area contributed by atoms with Crippen molar-refractivity contribution in [1.82, 2.24) is 15.1 Å². The second kappa shape index (κ2) is 9.53. The van der Waals surface area contributed by atoms with Crippen molar-refractivity contribution in [2.24, 2.45) is 10.9 Å². The molecule has 1 saturated heterocycles. The molecule has 2 rings (SSSR count). The molecule has 0 radical (unpaired) electrons. The Morgan fingerprint density at radius 3 is 2.74 bits per heavy atom. The second-order valence-corrected chi connectivity index (χ2v) is 6.31. The van der Waals surface area contributed by atoms with Gasteiger partial charge in [0.1, 0.15) is 0 Å². The fraction of sp³-hybridized carbons (Fsp3) is 0.611. The van der Waals surface area contributed by atoms with Crippen LogP contribution in [-0.2, 0) is 11.3 Å². The highest BCUT2D eigenvalue weighted by Gasteiger charge is 2.18. The van der Waals surface area contributed by atoms with E-state index in [1.54, 1.807) is 0 Å². The van der Waals surface area contributed by atoms with Crippen LogP contribution in [0, 0.1) is 5.92 Å². The second-order valence-electron chi connectivity index (χ2n) is 6.31. The van der Waals surface area contributed by atoms with Crippen molar-refractivity contribution >= 4 is 5.96 Å². The average molecular weight is 318 g/mol. The number of guanidine groups is 1. The van der Waals surface area contributed by atoms with Gasteiger partial charge < -0.3 is 19.9 Å². The molecular weight excluding hydrogens is 288 g/mol. The maximum absolute atomic E-state index is 5.45. The molecule has 0 amide bonds. The van der Waals surface area contributed by atoms with Crippen molar-refractivity contribution in [2.75, 3.05) is 54.0 Å². The average Bonchev–Trinajstić information content (AvgIpc) is 3.05. The van der Waals surface area contributed by atoms with Crippen molar-refractivity contribution in [3.8, 4) is 0 Å². The lowest BCUT2D eigenvalue weighted by molar-refractivity contribution is 0.181. The van der Waals surface area contributed by atoms with Gasteiger partial charge in [0.2, 0.25) is 0 Å². The summed E-state index contributed by atoms with van der Waals surface area (Å²) < 4.78 is 5.45. The van der Waals surface area contributed by atoms with E-state index < -0.39 is 0 Å². The molecule has 0 spiro atoms. The van der Waals surface area contributed by atoms with Crippen molar-refractivity contribution in [3.05, 3.63) is 35.9 Å². The number of nitrogens with zero attached hydrogens (tertiary/aromatic N) is 3. The van der Waals surface area contributed by atoms with Crippen LogP contribution in [-0.4, -0.2) is 69.8 Å². The number of nitrogens with one attached hydrogen (secondary N) is 1. The van der Waals surface area contributed by atoms with Gasteiger partial charge in [-0.2, -0.15) is 0 Å². The molecule has 1 fully saturated rings. The Bertz CT molecular complexity index is 471. The van der Waals surface area contributed by atoms with E-state index >= 15 is 0 Å². The molecule has 23 heavy (non-hydrogen) atoms. The summed E-state index contributed by atoms with van der Waals surface area (Å²) in [5, 5.41) is 3.45. The van der Waals surface area contributed by atoms with Gasteiger partial charge >= 0.3 is 0 Å². The zero-order valence-corrected chi connectivity index (χ0v) is 14.7. The molecule has 1 aromatic rings. The summed E-state index contributed by atoms with van der Waals surface area (Å²) in [5.41, 5.74) is 1.35. The number of benzene rings is 1. The molecule has 128 valence electrons. The van der Waals surface area contributed by atoms with E-state index in [2.05, 4.69) is 64.5 Å². The summed E-state index contributed by atoms with van der Waals surface area (Å²) in [6, 6.07) is 10.6. The number of ether oxygens (including phenoxy) is 1. The van der Waals surface area contributed by atoms with Gasteiger partial charge in [0, 0.05) is 52.8 Å². The Balaban J connectivity index is 1.68. The number of likely N-dealkylation sites (N-methyl/N-ethyl adjacent to an activating group) is 1. The fourth-order valence-electron chi connectivity index (χ4n) is 2.92. The van der Waals surface area contributed by atoms with Crippen LogP contribution in [0.2, 0.25) is 0 Å². The van der Waals surface area contributed by atoms with E-state index in [-0.39, 0.29) is 0 Å². The summed E-state index contributed by atoms with van der Waals surface area (Å²) in [7, 11) is 6.09. The first-order valence-corrected chi connectivity index (χ1v) is 8.41. The lowest BCUT2D eigenvalue weighted by Crippen LogP contribution is -2.43. The molecule has 0 aromatic heterocycles. The van der Waals surface area contributed by atoms with Crippen LogP contribution in [0.25, 0.3) is 0 Å². The minimum atomic E-state index is 0.624. The van der Waals surface area contributed by atoms with Gasteiger partial charge in [0.15, 0.2) is 5.96 Å². The van der Waals surface area contributed by atoms with Crippen molar-refractivity contribution in [3.63, 3.8) is 0 Å². The third-order valence-electron chi connectivity index (χ3n) is 4.20. The molecule has 1 atom stereocenters. The van der Waals surface area contributed by atoms with Gasteiger partial charge in [-0.3, -0.25) is 4.99 Å². The van der Waals surface area contributed by atoms with Crippen LogP contribution in [0.15, 0.2) is 35.3 Å². The summed E-state index contributed by atoms with van der Waals surface area (Å²) in [5.74, 6) is 1.59.